The lowest BCUT2D eigenvalue weighted by molar-refractivity contribution is -0.139. The second-order valence-corrected chi connectivity index (χ2v) is 7.93. The van der Waals surface area contributed by atoms with Crippen LogP contribution in [0.3, 0.4) is 0 Å². The van der Waals surface area contributed by atoms with Crippen molar-refractivity contribution < 1.29 is 9.47 Å². The monoisotopic (exact) mass is 352 g/mol. The van der Waals surface area contributed by atoms with Crippen molar-refractivity contribution in [2.24, 2.45) is 0 Å². The molecule has 2 aliphatic rings. The number of fused-ring (bicyclic) bond motifs is 2. The van der Waals surface area contributed by atoms with Crippen LogP contribution in [-0.2, 0) is 16.1 Å². The molecule has 0 spiro atoms. The molecule has 0 saturated carbocycles. The highest BCUT2D eigenvalue weighted by molar-refractivity contribution is 8.03. The molecule has 3 heteroatoms. The molecule has 0 radical (unpaired) electrons. The molecule has 0 aromatic heterocycles. The number of hydrogen-bond donors (Lipinski definition) is 0. The van der Waals surface area contributed by atoms with E-state index in [2.05, 4.69) is 60.7 Å². The van der Waals surface area contributed by atoms with Crippen molar-refractivity contribution in [3.8, 4) is 0 Å². The summed E-state index contributed by atoms with van der Waals surface area (Å²) < 4.78 is 12.5. The molecule has 0 unspecified atom stereocenters. The Kier molecular flexibility index (Phi) is 5.55. The smallest absolute Gasteiger partial charge is 0.0875 e. The fourth-order valence-corrected chi connectivity index (χ4v) is 4.59. The van der Waals surface area contributed by atoms with Crippen LogP contribution < -0.4 is 0 Å². The highest BCUT2D eigenvalue weighted by Gasteiger charge is 2.33. The second kappa shape index (κ2) is 8.22. The lowest BCUT2D eigenvalue weighted by Gasteiger charge is -2.34. The quantitative estimate of drug-likeness (QED) is 0.699. The zero-order chi connectivity index (χ0) is 16.9. The van der Waals surface area contributed by atoms with Crippen molar-refractivity contribution in [2.75, 3.05) is 0 Å². The molecule has 3 atom stereocenters. The van der Waals surface area contributed by atoms with E-state index in [1.807, 2.05) is 17.8 Å². The van der Waals surface area contributed by atoms with E-state index in [0.717, 1.165) is 25.7 Å². The zero-order valence-electron chi connectivity index (χ0n) is 14.3. The van der Waals surface area contributed by atoms with E-state index in [4.69, 9.17) is 9.47 Å². The summed E-state index contributed by atoms with van der Waals surface area (Å²) in [5, 5.41) is 0. The first kappa shape index (κ1) is 16.9. The molecule has 0 amide bonds. The molecule has 2 aliphatic heterocycles. The van der Waals surface area contributed by atoms with Crippen LogP contribution in [0, 0.1) is 0 Å². The Morgan fingerprint density at radius 3 is 2.52 bits per heavy atom. The lowest BCUT2D eigenvalue weighted by Crippen LogP contribution is -2.39. The Labute approximate surface area is 154 Å². The van der Waals surface area contributed by atoms with Gasteiger partial charge in [-0.3, -0.25) is 0 Å². The van der Waals surface area contributed by atoms with Gasteiger partial charge in [0.2, 0.25) is 0 Å². The molecule has 1 saturated heterocycles. The second-order valence-electron chi connectivity index (χ2n) is 6.73. The molecular formula is C22H24O2S. The van der Waals surface area contributed by atoms with E-state index in [9.17, 15) is 0 Å². The first-order valence-electron chi connectivity index (χ1n) is 9.10. The van der Waals surface area contributed by atoms with Crippen LogP contribution in [0.2, 0.25) is 0 Å². The maximum atomic E-state index is 6.33. The normalized spacial score (nSPS) is 25.9. The molecule has 2 bridgehead atoms. The van der Waals surface area contributed by atoms with Crippen molar-refractivity contribution >= 4 is 11.8 Å². The molecular weight excluding hydrogens is 328 g/mol. The minimum absolute atomic E-state index is 0.191. The van der Waals surface area contributed by atoms with Crippen molar-refractivity contribution in [1.29, 1.82) is 0 Å². The minimum Gasteiger partial charge on any atom is -0.372 e. The lowest BCUT2D eigenvalue weighted by atomic mass is 9.99. The van der Waals surface area contributed by atoms with E-state index in [-0.39, 0.29) is 12.2 Å². The Bertz CT molecular complexity index is 698. The van der Waals surface area contributed by atoms with E-state index in [0.29, 0.717) is 12.7 Å². The Hall–Kier alpha value is -1.55. The van der Waals surface area contributed by atoms with Gasteiger partial charge in [0.25, 0.3) is 0 Å². The third-order valence-electron chi connectivity index (χ3n) is 4.86. The Morgan fingerprint density at radius 2 is 1.72 bits per heavy atom. The summed E-state index contributed by atoms with van der Waals surface area (Å²) in [5.41, 5.74) is 1.23. The van der Waals surface area contributed by atoms with Crippen LogP contribution in [0.4, 0.5) is 0 Å². The van der Waals surface area contributed by atoms with Gasteiger partial charge in [-0.1, -0.05) is 66.4 Å². The number of hydrogen-bond acceptors (Lipinski definition) is 3. The first-order chi connectivity index (χ1) is 12.4. The van der Waals surface area contributed by atoms with Crippen molar-refractivity contribution in [2.45, 2.75) is 55.5 Å². The summed E-state index contributed by atoms with van der Waals surface area (Å²) in [5.74, 6) is 0. The van der Waals surface area contributed by atoms with Gasteiger partial charge in [-0.2, -0.15) is 0 Å². The van der Waals surface area contributed by atoms with Crippen LogP contribution >= 0.6 is 11.8 Å². The van der Waals surface area contributed by atoms with E-state index in [1.54, 1.807) is 0 Å². The Morgan fingerprint density at radius 1 is 0.960 bits per heavy atom. The minimum atomic E-state index is 0.191. The van der Waals surface area contributed by atoms with E-state index >= 15 is 0 Å². The number of ether oxygens (including phenoxy) is 2. The molecule has 2 aromatic carbocycles. The molecule has 0 aliphatic carbocycles. The summed E-state index contributed by atoms with van der Waals surface area (Å²) in [6.45, 7) is 0.672. The molecule has 25 heavy (non-hydrogen) atoms. The van der Waals surface area contributed by atoms with Crippen LogP contribution in [0.25, 0.3) is 0 Å². The standard InChI is InChI=1S/C22H24O2S/c1-3-7-17(8-4-1)16-23-21-13-11-18-15-20(12-14-22(21)24-18)25-19-9-5-2-6-10-19/h1-10,12,18,21-22H,11,13-16H2/t18-,21+,22-/m1/s1. The predicted octanol–water partition coefficient (Wildman–Crippen LogP) is 5.59. The molecule has 1 fully saturated rings. The molecule has 4 rings (SSSR count). The molecule has 2 nitrogen and oxygen atoms in total. The van der Waals surface area contributed by atoms with Crippen molar-refractivity contribution in [3.63, 3.8) is 0 Å². The summed E-state index contributed by atoms with van der Waals surface area (Å²) in [6, 6.07) is 21.0. The largest absolute Gasteiger partial charge is 0.372 e. The highest BCUT2D eigenvalue weighted by atomic mass is 32.2. The highest BCUT2D eigenvalue weighted by Crippen LogP contribution is 2.38. The zero-order valence-corrected chi connectivity index (χ0v) is 15.2. The van der Waals surface area contributed by atoms with Crippen molar-refractivity contribution in [1.82, 2.24) is 0 Å². The molecule has 130 valence electrons. The summed E-state index contributed by atoms with van der Waals surface area (Å²) in [7, 11) is 0. The number of thioether (sulfide) groups is 1. The van der Waals surface area contributed by atoms with Gasteiger partial charge < -0.3 is 9.47 Å². The summed E-state index contributed by atoms with van der Waals surface area (Å²) >= 11 is 1.88. The van der Waals surface area contributed by atoms with Gasteiger partial charge in [0.05, 0.1) is 24.9 Å². The van der Waals surface area contributed by atoms with Crippen LogP contribution in [0.1, 0.15) is 31.2 Å². The van der Waals surface area contributed by atoms with Gasteiger partial charge in [0.1, 0.15) is 0 Å². The summed E-state index contributed by atoms with van der Waals surface area (Å²) in [4.78, 5) is 2.74. The van der Waals surface area contributed by atoms with Crippen LogP contribution in [0.15, 0.2) is 76.5 Å². The number of benzene rings is 2. The van der Waals surface area contributed by atoms with Gasteiger partial charge in [0.15, 0.2) is 0 Å². The molecule has 0 N–H and O–H groups in total. The fraction of sp³-hybridized carbons (Fsp3) is 0.364. The SMILES string of the molecule is C1=C(Sc2ccccc2)C[C@H]2CC[C@H](OCc3ccccc3)[C@@H](C1)O2. The summed E-state index contributed by atoms with van der Waals surface area (Å²) in [6.07, 6.45) is 7.26. The predicted molar refractivity (Wildman–Crippen MR) is 103 cm³/mol. The number of rotatable bonds is 5. The Balaban J connectivity index is 1.38. The van der Waals surface area contributed by atoms with Crippen molar-refractivity contribution in [3.05, 3.63) is 77.2 Å². The average Bonchev–Trinajstić information content (AvgIpc) is 2.82. The molecule has 2 heterocycles. The van der Waals surface area contributed by atoms with Gasteiger partial charge in [0, 0.05) is 11.3 Å². The van der Waals surface area contributed by atoms with E-state index < -0.39 is 0 Å². The third kappa shape index (κ3) is 4.55. The van der Waals surface area contributed by atoms with E-state index in [1.165, 1.54) is 15.4 Å². The maximum Gasteiger partial charge on any atom is 0.0875 e. The third-order valence-corrected chi connectivity index (χ3v) is 5.96. The maximum absolute atomic E-state index is 6.33. The van der Waals surface area contributed by atoms with Crippen LogP contribution in [0.5, 0.6) is 0 Å². The average molecular weight is 352 g/mol. The van der Waals surface area contributed by atoms with Crippen LogP contribution in [-0.4, -0.2) is 18.3 Å². The topological polar surface area (TPSA) is 18.5 Å². The first-order valence-corrected chi connectivity index (χ1v) is 9.91. The van der Waals surface area contributed by atoms with Gasteiger partial charge in [-0.25, -0.2) is 0 Å². The van der Waals surface area contributed by atoms with Gasteiger partial charge in [-0.05, 0) is 41.9 Å². The molecule has 2 aromatic rings. The fourth-order valence-electron chi connectivity index (χ4n) is 3.54. The van der Waals surface area contributed by atoms with Gasteiger partial charge in [-0.15, -0.1) is 0 Å². The van der Waals surface area contributed by atoms with Gasteiger partial charge >= 0.3 is 0 Å².